The van der Waals surface area contributed by atoms with Gasteiger partial charge in [0, 0.05) is 37.5 Å². The summed E-state index contributed by atoms with van der Waals surface area (Å²) >= 11 is 6.66. The van der Waals surface area contributed by atoms with Gasteiger partial charge in [-0.05, 0) is 25.0 Å². The molecule has 1 aliphatic carbocycles. The molecular formula is C22H21ClF2N8O3. The van der Waals surface area contributed by atoms with Gasteiger partial charge in [0.15, 0.2) is 17.2 Å². The lowest BCUT2D eigenvalue weighted by Crippen LogP contribution is -2.38. The minimum Gasteiger partial charge on any atom is -0.450 e. The predicted octanol–water partition coefficient (Wildman–Crippen LogP) is 4.57. The first-order valence-electron chi connectivity index (χ1n) is 11.3. The summed E-state index contributed by atoms with van der Waals surface area (Å²) in [7, 11) is 0. The molecule has 188 valence electrons. The smallest absolute Gasteiger partial charge is 0.450 e. The van der Waals surface area contributed by atoms with E-state index in [1.54, 1.807) is 0 Å². The van der Waals surface area contributed by atoms with E-state index in [0.29, 0.717) is 43.1 Å². The van der Waals surface area contributed by atoms with E-state index < -0.39 is 18.7 Å². The average Bonchev–Trinajstić information content (AvgIpc) is 3.56. The van der Waals surface area contributed by atoms with Crippen molar-refractivity contribution in [2.45, 2.75) is 44.3 Å². The number of nitrogens with zero attached hydrogens (tertiary/aromatic N) is 6. The zero-order valence-corrected chi connectivity index (χ0v) is 19.5. The van der Waals surface area contributed by atoms with Crippen molar-refractivity contribution >= 4 is 46.5 Å². The first-order chi connectivity index (χ1) is 17.3. The molecule has 0 radical (unpaired) electrons. The van der Waals surface area contributed by atoms with Gasteiger partial charge in [0.1, 0.15) is 12.2 Å². The van der Waals surface area contributed by atoms with Gasteiger partial charge in [0.2, 0.25) is 5.95 Å². The van der Waals surface area contributed by atoms with Crippen LogP contribution in [0.4, 0.5) is 36.7 Å². The third-order valence-electron chi connectivity index (χ3n) is 6.02. The van der Waals surface area contributed by atoms with Crippen LogP contribution in [0.2, 0.25) is 5.02 Å². The van der Waals surface area contributed by atoms with E-state index in [-0.39, 0.29) is 34.0 Å². The maximum Gasteiger partial charge on any atom is 0.506 e. The number of halogens is 3. The first-order valence-corrected chi connectivity index (χ1v) is 11.7. The monoisotopic (exact) mass is 518 g/mol. The van der Waals surface area contributed by atoms with Crippen molar-refractivity contribution in [2.24, 2.45) is 0 Å². The van der Waals surface area contributed by atoms with Crippen molar-refractivity contribution < 1.29 is 23.4 Å². The largest absolute Gasteiger partial charge is 0.506 e. The molecular weight excluding hydrogens is 498 g/mol. The fourth-order valence-corrected chi connectivity index (χ4v) is 4.36. The van der Waals surface area contributed by atoms with Crippen molar-refractivity contribution in [1.29, 1.82) is 5.26 Å². The summed E-state index contributed by atoms with van der Waals surface area (Å²) in [6.45, 7) is 0.755. The van der Waals surface area contributed by atoms with Gasteiger partial charge in [0.05, 0.1) is 22.6 Å². The Morgan fingerprint density at radius 3 is 2.67 bits per heavy atom. The molecule has 1 aliphatic heterocycles. The lowest BCUT2D eigenvalue weighted by molar-refractivity contribution is 0.0416. The average molecular weight is 519 g/mol. The van der Waals surface area contributed by atoms with Gasteiger partial charge < -0.3 is 25.4 Å². The van der Waals surface area contributed by atoms with Crippen LogP contribution in [-0.2, 0) is 4.74 Å². The Bertz CT molecular complexity index is 1350. The zero-order valence-electron chi connectivity index (χ0n) is 18.8. The Hall–Kier alpha value is -3.92. The fraction of sp³-hybridized carbons (Fsp3) is 0.409. The number of ether oxygens (including phenoxy) is 1. The minimum absolute atomic E-state index is 0.0491. The summed E-state index contributed by atoms with van der Waals surface area (Å²) in [6, 6.07) is 4.81. The lowest BCUT2D eigenvalue weighted by atomic mass is 10.1. The topological polar surface area (TPSA) is 141 Å². The number of nitriles is 1. The van der Waals surface area contributed by atoms with Crippen LogP contribution in [0.1, 0.15) is 43.4 Å². The quantitative estimate of drug-likeness (QED) is 0.381. The fourth-order valence-electron chi connectivity index (χ4n) is 4.08. The number of hydrogen-bond donors (Lipinski definition) is 3. The Morgan fingerprint density at radius 2 is 2.03 bits per heavy atom. The highest BCUT2D eigenvalue weighted by Crippen LogP contribution is 2.40. The second kappa shape index (κ2) is 9.62. The summed E-state index contributed by atoms with van der Waals surface area (Å²) in [5, 5.41) is 28.9. The molecule has 1 saturated heterocycles. The first kappa shape index (κ1) is 23.8. The molecule has 0 bridgehead atoms. The van der Waals surface area contributed by atoms with E-state index in [1.165, 1.54) is 22.8 Å². The summed E-state index contributed by atoms with van der Waals surface area (Å²) in [5.74, 6) is 0.464. The molecule has 3 aromatic rings. The van der Waals surface area contributed by atoms with Crippen LogP contribution in [0, 0.1) is 11.3 Å². The Labute approximate surface area is 208 Å². The normalized spacial score (nSPS) is 16.2. The molecule has 36 heavy (non-hydrogen) atoms. The number of nitrogens with one attached hydrogen (secondary N) is 2. The molecule has 2 fully saturated rings. The summed E-state index contributed by atoms with van der Waals surface area (Å²) in [5.41, 5.74) is 0.864. The maximum absolute atomic E-state index is 13.8. The van der Waals surface area contributed by atoms with Gasteiger partial charge in [-0.1, -0.05) is 11.6 Å². The number of aromatic nitrogens is 4. The minimum atomic E-state index is -2.76. The Morgan fingerprint density at radius 1 is 1.28 bits per heavy atom. The third-order valence-corrected chi connectivity index (χ3v) is 6.42. The van der Waals surface area contributed by atoms with E-state index in [2.05, 4.69) is 25.7 Å². The van der Waals surface area contributed by atoms with Crippen LogP contribution < -0.4 is 15.5 Å². The Kier molecular flexibility index (Phi) is 6.36. The van der Waals surface area contributed by atoms with Crippen molar-refractivity contribution in [2.75, 3.05) is 28.6 Å². The van der Waals surface area contributed by atoms with Gasteiger partial charge in [-0.25, -0.2) is 18.6 Å². The molecule has 11 nitrogen and oxygen atoms in total. The highest BCUT2D eigenvalue weighted by Gasteiger charge is 2.27. The number of fused-ring (bicyclic) bond motifs is 1. The molecule has 14 heteroatoms. The number of imidazole rings is 1. The lowest BCUT2D eigenvalue weighted by Gasteiger charge is -2.34. The van der Waals surface area contributed by atoms with Crippen molar-refractivity contribution in [1.82, 2.24) is 19.6 Å². The van der Waals surface area contributed by atoms with E-state index in [9.17, 15) is 18.8 Å². The number of carboxylic acid groups (broad SMARTS) is 1. The van der Waals surface area contributed by atoms with E-state index in [4.69, 9.17) is 21.4 Å². The second-order valence-electron chi connectivity index (χ2n) is 8.59. The summed E-state index contributed by atoms with van der Waals surface area (Å²) in [4.78, 5) is 21.3. The van der Waals surface area contributed by atoms with Crippen molar-refractivity contribution in [3.8, 4) is 6.07 Å². The molecule has 0 atom stereocenters. The molecule has 3 heterocycles. The van der Waals surface area contributed by atoms with Gasteiger partial charge in [-0.3, -0.25) is 0 Å². The second-order valence-corrected chi connectivity index (χ2v) is 8.97. The van der Waals surface area contributed by atoms with Gasteiger partial charge in [-0.15, -0.1) is 5.10 Å². The molecule has 1 saturated carbocycles. The molecule has 0 spiro atoms. The number of hydrogen-bond acceptors (Lipinski definition) is 9. The van der Waals surface area contributed by atoms with Crippen LogP contribution >= 0.6 is 11.6 Å². The highest BCUT2D eigenvalue weighted by atomic mass is 35.5. The Balaban J connectivity index is 1.48. The number of anilines is 4. The molecule has 3 N–H and O–H groups in total. The SMILES string of the molecule is N#Cc1cnc2c(NC3CC3)nc(Nc3cc(C(F)F)cc(N4CCC(OC(=O)O)CC4)c3Cl)nn12. The van der Waals surface area contributed by atoms with Crippen LogP contribution in [0.5, 0.6) is 0 Å². The summed E-state index contributed by atoms with van der Waals surface area (Å²) in [6.07, 6.45) is -0.432. The number of alkyl halides is 2. The number of piperidine rings is 1. The van der Waals surface area contributed by atoms with Crippen LogP contribution in [0.15, 0.2) is 18.3 Å². The molecule has 5 rings (SSSR count). The predicted molar refractivity (Wildman–Crippen MR) is 126 cm³/mol. The van der Waals surface area contributed by atoms with Crippen molar-refractivity contribution in [3.63, 3.8) is 0 Å². The van der Waals surface area contributed by atoms with Gasteiger partial charge >= 0.3 is 6.16 Å². The van der Waals surface area contributed by atoms with Gasteiger partial charge in [-0.2, -0.15) is 14.8 Å². The molecule has 1 aromatic carbocycles. The zero-order chi connectivity index (χ0) is 25.4. The van der Waals surface area contributed by atoms with E-state index in [1.807, 2.05) is 11.0 Å². The van der Waals surface area contributed by atoms with E-state index >= 15 is 0 Å². The van der Waals surface area contributed by atoms with Gasteiger partial charge in [0.25, 0.3) is 6.43 Å². The molecule has 2 aromatic heterocycles. The highest BCUT2D eigenvalue weighted by molar-refractivity contribution is 6.36. The van der Waals surface area contributed by atoms with Crippen LogP contribution in [0.25, 0.3) is 5.65 Å². The number of carbonyl (C=O) groups is 1. The van der Waals surface area contributed by atoms with Crippen LogP contribution in [0.3, 0.4) is 0 Å². The molecule has 2 aliphatic rings. The third kappa shape index (κ3) is 4.90. The van der Waals surface area contributed by atoms with E-state index in [0.717, 1.165) is 12.8 Å². The number of rotatable bonds is 7. The molecule has 0 unspecified atom stereocenters. The van der Waals surface area contributed by atoms with Crippen LogP contribution in [-0.4, -0.2) is 56.1 Å². The number of benzene rings is 1. The molecule has 0 amide bonds. The maximum atomic E-state index is 13.8. The summed E-state index contributed by atoms with van der Waals surface area (Å²) < 4.78 is 33.7. The van der Waals surface area contributed by atoms with Crippen molar-refractivity contribution in [3.05, 3.63) is 34.6 Å². The standard InChI is InChI=1S/C22H21ClF2N8O3/c23-17-15(7-11(18(24)25)8-16(17)32-5-3-14(4-6-32)36-22(34)35)29-21-30-19(28-12-1-2-12)20-27-10-13(9-26)33(20)31-21/h7-8,10,12,14,18H,1-6H2,(H,34,35)(H2,28,29,30,31).